The van der Waals surface area contributed by atoms with Gasteiger partial charge in [0.25, 0.3) is 5.95 Å². The third-order valence-corrected chi connectivity index (χ3v) is 3.28. The number of hydrogen-bond donors (Lipinski definition) is 1. The topological polar surface area (TPSA) is 63.6 Å². The number of ether oxygens (including phenoxy) is 1. The maximum absolute atomic E-state index is 11.7. The van der Waals surface area contributed by atoms with Gasteiger partial charge in [-0.3, -0.25) is 4.79 Å². The van der Waals surface area contributed by atoms with E-state index in [1.807, 2.05) is 35.2 Å². The van der Waals surface area contributed by atoms with E-state index in [1.165, 1.54) is 20.1 Å². The van der Waals surface area contributed by atoms with Crippen LogP contribution >= 0.6 is 0 Å². The number of methoxy groups -OCH3 is 1. The van der Waals surface area contributed by atoms with Crippen molar-refractivity contribution in [3.63, 3.8) is 0 Å². The van der Waals surface area contributed by atoms with Gasteiger partial charge in [-0.2, -0.15) is 0 Å². The molecular formula is C16H18NO4+. The molecule has 0 saturated heterocycles. The van der Waals surface area contributed by atoms with Crippen molar-refractivity contribution in [1.82, 2.24) is 0 Å². The average molecular weight is 288 g/mol. The Morgan fingerprint density at radius 2 is 1.95 bits per heavy atom. The molecule has 0 unspecified atom stereocenters. The second-order valence-electron chi connectivity index (χ2n) is 4.69. The first-order valence-electron chi connectivity index (χ1n) is 6.55. The van der Waals surface area contributed by atoms with Crippen LogP contribution in [0.2, 0.25) is 0 Å². The first-order chi connectivity index (χ1) is 10.0. The summed E-state index contributed by atoms with van der Waals surface area (Å²) in [7, 11) is 1.49. The van der Waals surface area contributed by atoms with Crippen LogP contribution in [-0.4, -0.2) is 18.0 Å². The van der Waals surface area contributed by atoms with Crippen molar-refractivity contribution in [2.24, 2.45) is 0 Å². The molecule has 21 heavy (non-hydrogen) atoms. The van der Waals surface area contributed by atoms with Crippen LogP contribution in [-0.2, 0) is 11.3 Å². The fourth-order valence-corrected chi connectivity index (χ4v) is 2.02. The zero-order valence-corrected chi connectivity index (χ0v) is 12.3. The summed E-state index contributed by atoms with van der Waals surface area (Å²) in [5.41, 5.74) is 1.25. The smallest absolute Gasteiger partial charge is 0.286 e. The third-order valence-electron chi connectivity index (χ3n) is 3.28. The monoisotopic (exact) mass is 288 g/mol. The molecule has 0 aliphatic carbocycles. The summed E-state index contributed by atoms with van der Waals surface area (Å²) in [6.07, 6.45) is 3.78. The van der Waals surface area contributed by atoms with Crippen molar-refractivity contribution in [2.45, 2.75) is 20.4 Å². The maximum Gasteiger partial charge on any atom is 0.286 e. The fraction of sp³-hybridized carbons (Fsp3) is 0.250. The lowest BCUT2D eigenvalue weighted by atomic mass is 10.0. The number of aromatic hydroxyl groups is 1. The molecule has 110 valence electrons. The van der Waals surface area contributed by atoms with Crippen LogP contribution in [0.25, 0.3) is 5.57 Å². The molecule has 1 N–H and O–H groups in total. The van der Waals surface area contributed by atoms with Gasteiger partial charge in [-0.05, 0) is 13.8 Å². The van der Waals surface area contributed by atoms with Crippen LogP contribution in [0.15, 0.2) is 46.6 Å². The van der Waals surface area contributed by atoms with Crippen LogP contribution in [0, 0.1) is 0 Å². The van der Waals surface area contributed by atoms with Crippen LogP contribution in [0.4, 0.5) is 0 Å². The van der Waals surface area contributed by atoms with Gasteiger partial charge >= 0.3 is 0 Å². The molecule has 2 rings (SSSR count). The minimum atomic E-state index is -0.242. The second-order valence-corrected chi connectivity index (χ2v) is 4.69. The van der Waals surface area contributed by atoms with E-state index in [9.17, 15) is 9.90 Å². The lowest BCUT2D eigenvalue weighted by Crippen LogP contribution is -2.33. The van der Waals surface area contributed by atoms with Gasteiger partial charge in [0.2, 0.25) is 0 Å². The second kappa shape index (κ2) is 6.26. The quantitative estimate of drug-likeness (QED) is 0.677. The number of carbonyl (C=O) groups excluding carboxylic acids is 1. The van der Waals surface area contributed by atoms with E-state index in [2.05, 4.69) is 0 Å². The van der Waals surface area contributed by atoms with Crippen LogP contribution in [0.5, 0.6) is 11.7 Å². The van der Waals surface area contributed by atoms with Gasteiger partial charge in [0.1, 0.15) is 0 Å². The lowest BCUT2D eigenvalue weighted by molar-refractivity contribution is -0.684. The Kier molecular flexibility index (Phi) is 4.42. The Hall–Kier alpha value is -2.56. The van der Waals surface area contributed by atoms with Crippen LogP contribution < -0.4 is 9.30 Å². The predicted octanol–water partition coefficient (Wildman–Crippen LogP) is 2.34. The van der Waals surface area contributed by atoms with Crippen molar-refractivity contribution in [2.75, 3.05) is 7.11 Å². The molecule has 0 spiro atoms. The largest absolute Gasteiger partial charge is 0.493 e. The standard InChI is InChI=1S/C16H17NO4/c1-11(12(2)18)13(10-17-7-5-4-6-8-17)16-14(20-3)9-15(19)21-16/h4-9H,10H2,1-3H3/p+1. The number of nitrogens with zero attached hydrogens (tertiary/aromatic N) is 1. The molecule has 0 radical (unpaired) electrons. The molecule has 0 aliphatic rings. The Morgan fingerprint density at radius 1 is 1.29 bits per heavy atom. The van der Waals surface area contributed by atoms with E-state index in [-0.39, 0.29) is 11.7 Å². The number of Topliss-reactive ketones (excluding diaryl/α,β-unsaturated/α-hetero) is 1. The molecule has 2 aromatic rings. The van der Waals surface area contributed by atoms with E-state index in [1.54, 1.807) is 6.92 Å². The van der Waals surface area contributed by atoms with E-state index in [0.29, 0.717) is 29.2 Å². The summed E-state index contributed by atoms with van der Waals surface area (Å²) in [6, 6.07) is 7.10. The Labute approximate surface area is 123 Å². The molecule has 0 bridgehead atoms. The zero-order valence-electron chi connectivity index (χ0n) is 12.3. The predicted molar refractivity (Wildman–Crippen MR) is 76.8 cm³/mol. The highest BCUT2D eigenvalue weighted by Crippen LogP contribution is 2.35. The molecule has 5 heteroatoms. The number of aromatic nitrogens is 1. The average Bonchev–Trinajstić information content (AvgIpc) is 2.86. The molecular weight excluding hydrogens is 270 g/mol. The van der Waals surface area contributed by atoms with Gasteiger partial charge in [0.15, 0.2) is 36.2 Å². The van der Waals surface area contributed by atoms with E-state index >= 15 is 0 Å². The van der Waals surface area contributed by atoms with Crippen molar-refractivity contribution in [1.29, 1.82) is 0 Å². The number of allylic oxidation sites excluding steroid dienone is 2. The minimum Gasteiger partial charge on any atom is -0.493 e. The number of hydrogen-bond acceptors (Lipinski definition) is 4. The molecule has 0 amide bonds. The van der Waals surface area contributed by atoms with Gasteiger partial charge in [-0.25, -0.2) is 4.57 Å². The van der Waals surface area contributed by atoms with Crippen molar-refractivity contribution >= 4 is 11.4 Å². The Balaban J connectivity index is 2.52. The summed E-state index contributed by atoms with van der Waals surface area (Å²) in [5, 5.41) is 9.54. The van der Waals surface area contributed by atoms with Crippen molar-refractivity contribution < 1.29 is 23.6 Å². The highest BCUT2D eigenvalue weighted by molar-refractivity contribution is 6.00. The molecule has 5 nitrogen and oxygen atoms in total. The Bertz CT molecular complexity index is 671. The van der Waals surface area contributed by atoms with Gasteiger partial charge in [-0.1, -0.05) is 6.07 Å². The van der Waals surface area contributed by atoms with Gasteiger partial charge in [0.05, 0.1) is 18.7 Å². The van der Waals surface area contributed by atoms with Crippen molar-refractivity contribution in [3.8, 4) is 11.7 Å². The summed E-state index contributed by atoms with van der Waals surface area (Å²) in [5.74, 6) is 0.479. The summed E-state index contributed by atoms with van der Waals surface area (Å²) < 4.78 is 12.4. The highest BCUT2D eigenvalue weighted by Gasteiger charge is 2.22. The first kappa shape index (κ1) is 14.8. The van der Waals surface area contributed by atoms with Crippen LogP contribution in [0.3, 0.4) is 0 Å². The molecule has 0 aromatic carbocycles. The number of rotatable bonds is 5. The lowest BCUT2D eigenvalue weighted by Gasteiger charge is -2.07. The molecule has 2 heterocycles. The summed E-state index contributed by atoms with van der Waals surface area (Å²) in [6.45, 7) is 3.68. The first-order valence-corrected chi connectivity index (χ1v) is 6.55. The molecule has 0 aliphatic heterocycles. The van der Waals surface area contributed by atoms with E-state index in [4.69, 9.17) is 9.15 Å². The zero-order chi connectivity index (χ0) is 15.4. The minimum absolute atomic E-state index is 0.0560. The SMILES string of the molecule is COc1cc(O)oc1C(C[n+]1ccccc1)=C(C)C(C)=O. The normalized spacial score (nSPS) is 12.0. The molecule has 0 atom stereocenters. The number of furan rings is 1. The van der Waals surface area contributed by atoms with E-state index < -0.39 is 0 Å². The maximum atomic E-state index is 11.7. The van der Waals surface area contributed by atoms with E-state index in [0.717, 1.165) is 0 Å². The molecule has 0 saturated carbocycles. The molecule has 2 aromatic heterocycles. The van der Waals surface area contributed by atoms with Crippen molar-refractivity contribution in [3.05, 3.63) is 48.0 Å². The number of pyridine rings is 1. The van der Waals surface area contributed by atoms with Gasteiger partial charge in [-0.15, -0.1) is 0 Å². The summed E-state index contributed by atoms with van der Waals surface area (Å²) in [4.78, 5) is 11.7. The van der Waals surface area contributed by atoms with Crippen LogP contribution in [0.1, 0.15) is 19.6 Å². The van der Waals surface area contributed by atoms with Gasteiger partial charge < -0.3 is 14.3 Å². The fourth-order valence-electron chi connectivity index (χ4n) is 2.02. The Morgan fingerprint density at radius 3 is 2.52 bits per heavy atom. The number of ketones is 1. The third kappa shape index (κ3) is 3.31. The highest BCUT2D eigenvalue weighted by atomic mass is 16.5. The summed E-state index contributed by atoms with van der Waals surface area (Å²) >= 11 is 0. The molecule has 0 fully saturated rings. The number of carbonyl (C=O) groups is 1. The van der Waals surface area contributed by atoms with Gasteiger partial charge in [0, 0.05) is 17.7 Å².